The van der Waals surface area contributed by atoms with E-state index in [-0.39, 0.29) is 0 Å². The van der Waals surface area contributed by atoms with Gasteiger partial charge in [-0.25, -0.2) is 22.4 Å². The fraction of sp³-hybridized carbons (Fsp3) is 0.846. The second kappa shape index (κ2) is 6.02. The van der Waals surface area contributed by atoms with Gasteiger partial charge in [-0.2, -0.15) is 5.10 Å². The number of hydrogen-bond donors (Lipinski definition) is 1. The monoisotopic (exact) mass is 313 g/mol. The van der Waals surface area contributed by atoms with Gasteiger partial charge in [0.15, 0.2) is 0 Å². The van der Waals surface area contributed by atoms with Gasteiger partial charge < -0.3 is 5.32 Å². The third-order valence-corrected chi connectivity index (χ3v) is 5.47. The predicted molar refractivity (Wildman–Crippen MR) is 79.0 cm³/mol. The van der Waals surface area contributed by atoms with Crippen LogP contribution in [0.3, 0.4) is 0 Å². The molecule has 0 amide bonds. The van der Waals surface area contributed by atoms with Gasteiger partial charge in [-0.1, -0.05) is 0 Å². The highest BCUT2D eigenvalue weighted by Gasteiger charge is 2.27. The van der Waals surface area contributed by atoms with Crippen LogP contribution in [-0.4, -0.2) is 52.9 Å². The maximum atomic E-state index is 11.7. The highest BCUT2D eigenvalue weighted by molar-refractivity contribution is 7.88. The molecule has 0 bridgehead atoms. The van der Waals surface area contributed by atoms with E-state index in [0.29, 0.717) is 25.0 Å². The number of sulfonamides is 1. The van der Waals surface area contributed by atoms with Crippen molar-refractivity contribution in [2.75, 3.05) is 19.3 Å². The predicted octanol–water partition coefficient (Wildman–Crippen LogP) is 0.202. The number of nitrogens with zero attached hydrogens (tertiary/aromatic N) is 4. The minimum Gasteiger partial charge on any atom is -0.307 e. The van der Waals surface area contributed by atoms with E-state index in [1.807, 2.05) is 4.68 Å². The number of rotatable bonds is 6. The Hall–Kier alpha value is -0.990. The van der Waals surface area contributed by atoms with Crippen LogP contribution in [0.1, 0.15) is 31.5 Å². The molecule has 1 atom stereocenters. The van der Waals surface area contributed by atoms with Gasteiger partial charge in [-0.3, -0.25) is 0 Å². The van der Waals surface area contributed by atoms with Gasteiger partial charge in [0.05, 0.1) is 12.8 Å². The number of aromatic nitrogens is 3. The molecule has 2 aliphatic rings. The van der Waals surface area contributed by atoms with Crippen LogP contribution in [0.2, 0.25) is 0 Å². The summed E-state index contributed by atoms with van der Waals surface area (Å²) < 4.78 is 26.8. The van der Waals surface area contributed by atoms with E-state index >= 15 is 0 Å². The van der Waals surface area contributed by atoms with E-state index in [9.17, 15) is 8.42 Å². The Morgan fingerprint density at radius 2 is 2.19 bits per heavy atom. The Kier molecular flexibility index (Phi) is 4.28. The molecule has 2 fully saturated rings. The Labute approximate surface area is 125 Å². The molecular formula is C13H23N5O2S. The van der Waals surface area contributed by atoms with Crippen molar-refractivity contribution in [2.24, 2.45) is 5.92 Å². The highest BCUT2D eigenvalue weighted by atomic mass is 32.2. The van der Waals surface area contributed by atoms with Crippen LogP contribution in [0.15, 0.2) is 6.33 Å². The molecule has 0 aromatic carbocycles. The van der Waals surface area contributed by atoms with Crippen molar-refractivity contribution in [3.8, 4) is 0 Å². The molecule has 1 saturated heterocycles. The van der Waals surface area contributed by atoms with Crippen LogP contribution in [0.4, 0.5) is 0 Å². The van der Waals surface area contributed by atoms with Crippen molar-refractivity contribution >= 4 is 10.0 Å². The van der Waals surface area contributed by atoms with Gasteiger partial charge in [0.1, 0.15) is 12.2 Å². The Morgan fingerprint density at radius 1 is 1.38 bits per heavy atom. The minimum absolute atomic E-state index is 0.315. The second-order valence-corrected chi connectivity index (χ2v) is 8.13. The van der Waals surface area contributed by atoms with E-state index in [1.54, 1.807) is 10.6 Å². The van der Waals surface area contributed by atoms with Gasteiger partial charge in [0.2, 0.25) is 10.0 Å². The van der Waals surface area contributed by atoms with Crippen LogP contribution in [0, 0.1) is 5.92 Å². The van der Waals surface area contributed by atoms with Crippen LogP contribution in [0.25, 0.3) is 0 Å². The first-order chi connectivity index (χ1) is 10.0. The SMILES string of the molecule is CS(=O)(=O)N1CCCC(Cn2ncnc2CNC2CC2)C1. The molecule has 1 aliphatic carbocycles. The first kappa shape index (κ1) is 14.9. The van der Waals surface area contributed by atoms with E-state index in [1.165, 1.54) is 19.1 Å². The summed E-state index contributed by atoms with van der Waals surface area (Å²) in [6.45, 7) is 2.72. The summed E-state index contributed by atoms with van der Waals surface area (Å²) in [5.41, 5.74) is 0. The third kappa shape index (κ3) is 4.02. The van der Waals surface area contributed by atoms with Crippen molar-refractivity contribution in [3.63, 3.8) is 0 Å². The molecule has 8 heteroatoms. The zero-order valence-corrected chi connectivity index (χ0v) is 13.2. The third-order valence-electron chi connectivity index (χ3n) is 4.20. The maximum Gasteiger partial charge on any atom is 0.211 e. The van der Waals surface area contributed by atoms with Crippen molar-refractivity contribution in [1.29, 1.82) is 0 Å². The van der Waals surface area contributed by atoms with Crippen molar-refractivity contribution in [3.05, 3.63) is 12.2 Å². The van der Waals surface area contributed by atoms with Gasteiger partial charge in [0, 0.05) is 25.7 Å². The lowest BCUT2D eigenvalue weighted by Crippen LogP contribution is -2.40. The molecule has 1 aromatic rings. The summed E-state index contributed by atoms with van der Waals surface area (Å²) >= 11 is 0. The van der Waals surface area contributed by atoms with E-state index < -0.39 is 10.0 Å². The molecule has 1 N–H and O–H groups in total. The van der Waals surface area contributed by atoms with Gasteiger partial charge >= 0.3 is 0 Å². The van der Waals surface area contributed by atoms with E-state index in [4.69, 9.17) is 0 Å². The van der Waals surface area contributed by atoms with Gasteiger partial charge in [-0.05, 0) is 31.6 Å². The topological polar surface area (TPSA) is 80.1 Å². The fourth-order valence-electron chi connectivity index (χ4n) is 2.82. The number of hydrogen-bond acceptors (Lipinski definition) is 5. The summed E-state index contributed by atoms with van der Waals surface area (Å²) in [5, 5.41) is 7.73. The molecule has 1 aliphatic heterocycles. The van der Waals surface area contributed by atoms with Crippen LogP contribution >= 0.6 is 0 Å². The largest absolute Gasteiger partial charge is 0.307 e. The molecular weight excluding hydrogens is 290 g/mol. The smallest absolute Gasteiger partial charge is 0.211 e. The second-order valence-electron chi connectivity index (χ2n) is 6.14. The normalized spacial score (nSPS) is 24.3. The summed E-state index contributed by atoms with van der Waals surface area (Å²) in [4.78, 5) is 4.31. The number of piperidine rings is 1. The highest BCUT2D eigenvalue weighted by Crippen LogP contribution is 2.21. The molecule has 0 spiro atoms. The Bertz CT molecular complexity index is 581. The lowest BCUT2D eigenvalue weighted by atomic mass is 10.00. The van der Waals surface area contributed by atoms with Crippen molar-refractivity contribution < 1.29 is 8.42 Å². The van der Waals surface area contributed by atoms with Gasteiger partial charge in [0.25, 0.3) is 0 Å². The lowest BCUT2D eigenvalue weighted by Gasteiger charge is -2.31. The van der Waals surface area contributed by atoms with E-state index in [0.717, 1.165) is 31.8 Å². The zero-order chi connectivity index (χ0) is 14.9. The summed E-state index contributed by atoms with van der Waals surface area (Å²) in [6, 6.07) is 0.644. The fourth-order valence-corrected chi connectivity index (χ4v) is 3.76. The summed E-state index contributed by atoms with van der Waals surface area (Å²) in [5.74, 6) is 1.26. The molecule has 0 radical (unpaired) electrons. The minimum atomic E-state index is -3.09. The average Bonchev–Trinajstić information content (AvgIpc) is 3.17. The van der Waals surface area contributed by atoms with E-state index in [2.05, 4.69) is 15.4 Å². The van der Waals surface area contributed by atoms with Crippen molar-refractivity contribution in [1.82, 2.24) is 24.4 Å². The molecule has 1 unspecified atom stereocenters. The molecule has 3 rings (SSSR count). The lowest BCUT2D eigenvalue weighted by molar-refractivity contribution is 0.238. The molecule has 118 valence electrons. The van der Waals surface area contributed by atoms with Gasteiger partial charge in [-0.15, -0.1) is 0 Å². The zero-order valence-electron chi connectivity index (χ0n) is 12.4. The Balaban J connectivity index is 1.59. The first-order valence-corrected chi connectivity index (χ1v) is 9.42. The Morgan fingerprint density at radius 3 is 2.90 bits per heavy atom. The first-order valence-electron chi connectivity index (χ1n) is 7.57. The van der Waals surface area contributed by atoms with Crippen LogP contribution < -0.4 is 5.32 Å². The molecule has 2 heterocycles. The standard InChI is InChI=1S/C13H23N5O2S/c1-21(19,20)17-6-2-3-11(8-17)9-18-13(15-10-16-18)7-14-12-4-5-12/h10-12,14H,2-9H2,1H3. The maximum absolute atomic E-state index is 11.7. The summed E-state index contributed by atoms with van der Waals surface area (Å²) in [7, 11) is -3.09. The molecule has 1 aromatic heterocycles. The molecule has 7 nitrogen and oxygen atoms in total. The van der Waals surface area contributed by atoms with Crippen molar-refractivity contribution in [2.45, 2.75) is 44.8 Å². The van der Waals surface area contributed by atoms with Crippen LogP contribution in [0.5, 0.6) is 0 Å². The average molecular weight is 313 g/mol. The quantitative estimate of drug-likeness (QED) is 0.811. The summed E-state index contributed by atoms with van der Waals surface area (Å²) in [6.07, 6.45) is 7.33. The molecule has 1 saturated carbocycles. The van der Waals surface area contributed by atoms with Crippen LogP contribution in [-0.2, 0) is 23.1 Å². The molecule has 21 heavy (non-hydrogen) atoms. The number of nitrogens with one attached hydrogen (secondary N) is 1.